The van der Waals surface area contributed by atoms with E-state index in [-0.39, 0.29) is 0 Å². The lowest BCUT2D eigenvalue weighted by Gasteiger charge is -1.84. The molecule has 1 aliphatic carbocycles. The van der Waals surface area contributed by atoms with E-state index in [9.17, 15) is 0 Å². The Morgan fingerprint density at radius 1 is 0.923 bits per heavy atom. The number of rotatable bonds is 0. The van der Waals surface area contributed by atoms with Crippen molar-refractivity contribution in [1.29, 1.82) is 0 Å². The Morgan fingerprint density at radius 3 is 1.85 bits per heavy atom. The van der Waals surface area contributed by atoms with Crippen LogP contribution in [0.3, 0.4) is 0 Å². The van der Waals surface area contributed by atoms with Gasteiger partial charge in [-0.3, -0.25) is 0 Å². The standard InChI is InChI=1S/C9H8N2S2/c1-4-10-6-3-7-9(8(6)12-4)13-5(2)11-7/h3H2,1-2H3. The second-order valence-electron chi connectivity index (χ2n) is 3.19. The highest BCUT2D eigenvalue weighted by Crippen LogP contribution is 2.43. The van der Waals surface area contributed by atoms with E-state index >= 15 is 0 Å². The first-order valence-corrected chi connectivity index (χ1v) is 5.80. The quantitative estimate of drug-likeness (QED) is 0.567. The lowest BCUT2D eigenvalue weighted by molar-refractivity contribution is 1.06. The van der Waals surface area contributed by atoms with E-state index in [1.165, 1.54) is 31.2 Å². The summed E-state index contributed by atoms with van der Waals surface area (Å²) in [5, 5.41) is 2.34. The fourth-order valence-corrected chi connectivity index (χ4v) is 3.74. The van der Waals surface area contributed by atoms with Gasteiger partial charge >= 0.3 is 0 Å². The highest BCUT2D eigenvalue weighted by molar-refractivity contribution is 7.22. The van der Waals surface area contributed by atoms with Crippen LogP contribution in [0, 0.1) is 13.8 Å². The van der Waals surface area contributed by atoms with Crippen LogP contribution < -0.4 is 0 Å². The van der Waals surface area contributed by atoms with Gasteiger partial charge in [0.1, 0.15) is 0 Å². The van der Waals surface area contributed by atoms with Crippen molar-refractivity contribution in [3.8, 4) is 9.75 Å². The highest BCUT2D eigenvalue weighted by Gasteiger charge is 2.25. The van der Waals surface area contributed by atoms with E-state index in [1.54, 1.807) is 22.7 Å². The van der Waals surface area contributed by atoms with E-state index in [0.717, 1.165) is 6.42 Å². The van der Waals surface area contributed by atoms with E-state index in [2.05, 4.69) is 23.8 Å². The number of aryl methyl sites for hydroxylation is 2. The lowest BCUT2D eigenvalue weighted by atomic mass is 10.3. The molecule has 0 amide bonds. The van der Waals surface area contributed by atoms with E-state index in [1.807, 2.05) is 0 Å². The Morgan fingerprint density at radius 2 is 1.38 bits per heavy atom. The summed E-state index contributed by atoms with van der Waals surface area (Å²) in [7, 11) is 0. The Hall–Kier alpha value is -0.740. The van der Waals surface area contributed by atoms with Crippen LogP contribution >= 0.6 is 22.7 Å². The van der Waals surface area contributed by atoms with Crippen LogP contribution in [0.15, 0.2) is 0 Å². The molecule has 0 fully saturated rings. The molecule has 0 unspecified atom stereocenters. The maximum atomic E-state index is 4.49. The second kappa shape index (κ2) is 2.39. The van der Waals surface area contributed by atoms with Crippen LogP contribution in [0.2, 0.25) is 0 Å². The SMILES string of the molecule is Cc1nc2c(s1)-c1sc(C)nc1C2. The second-order valence-corrected chi connectivity index (χ2v) is 5.60. The van der Waals surface area contributed by atoms with Crippen molar-refractivity contribution in [1.82, 2.24) is 9.97 Å². The Labute approximate surface area is 84.3 Å². The van der Waals surface area contributed by atoms with Gasteiger partial charge in [0.2, 0.25) is 0 Å². The number of aromatic nitrogens is 2. The van der Waals surface area contributed by atoms with Gasteiger partial charge in [-0.15, -0.1) is 22.7 Å². The molecule has 0 aliphatic heterocycles. The normalized spacial score (nSPS) is 13.1. The average Bonchev–Trinajstić information content (AvgIpc) is 2.60. The zero-order valence-electron chi connectivity index (χ0n) is 7.42. The summed E-state index contributed by atoms with van der Waals surface area (Å²) in [6.45, 7) is 4.13. The van der Waals surface area contributed by atoms with E-state index in [4.69, 9.17) is 0 Å². The molecule has 2 aromatic heterocycles. The minimum atomic E-state index is 0.944. The van der Waals surface area contributed by atoms with Crippen molar-refractivity contribution in [2.24, 2.45) is 0 Å². The summed E-state index contributed by atoms with van der Waals surface area (Å²) < 4.78 is 0. The molecular weight excluding hydrogens is 200 g/mol. The molecular formula is C9H8N2S2. The third-order valence-electron chi connectivity index (χ3n) is 2.15. The smallest absolute Gasteiger partial charge is 0.0904 e. The number of nitrogens with zero attached hydrogens (tertiary/aromatic N) is 2. The number of hydrogen-bond donors (Lipinski definition) is 0. The van der Waals surface area contributed by atoms with Gasteiger partial charge in [0.15, 0.2) is 0 Å². The van der Waals surface area contributed by atoms with Crippen LogP contribution in [0.4, 0.5) is 0 Å². The van der Waals surface area contributed by atoms with Gasteiger partial charge in [0, 0.05) is 6.42 Å². The molecule has 13 heavy (non-hydrogen) atoms. The zero-order valence-corrected chi connectivity index (χ0v) is 9.05. The summed E-state index contributed by atoms with van der Waals surface area (Å²) >= 11 is 3.58. The van der Waals surface area contributed by atoms with E-state index in [0.29, 0.717) is 0 Å². The summed E-state index contributed by atoms with van der Waals surface area (Å²) in [5.41, 5.74) is 2.47. The fourth-order valence-electron chi connectivity index (χ4n) is 1.69. The summed E-state index contributed by atoms with van der Waals surface area (Å²) in [6.07, 6.45) is 0.944. The molecule has 2 aromatic rings. The van der Waals surface area contributed by atoms with Gasteiger partial charge in [-0.2, -0.15) is 0 Å². The minimum absolute atomic E-state index is 0.944. The minimum Gasteiger partial charge on any atom is -0.245 e. The van der Waals surface area contributed by atoms with Gasteiger partial charge in [0.05, 0.1) is 31.2 Å². The van der Waals surface area contributed by atoms with Crippen molar-refractivity contribution in [3.63, 3.8) is 0 Å². The topological polar surface area (TPSA) is 25.8 Å². The van der Waals surface area contributed by atoms with Crippen molar-refractivity contribution >= 4 is 22.7 Å². The molecule has 0 saturated carbocycles. The van der Waals surface area contributed by atoms with Crippen molar-refractivity contribution in [2.75, 3.05) is 0 Å². The van der Waals surface area contributed by atoms with Crippen molar-refractivity contribution in [3.05, 3.63) is 21.4 Å². The molecule has 0 N–H and O–H groups in total. The van der Waals surface area contributed by atoms with Crippen LogP contribution in [-0.2, 0) is 6.42 Å². The van der Waals surface area contributed by atoms with Crippen molar-refractivity contribution < 1.29 is 0 Å². The number of hydrogen-bond acceptors (Lipinski definition) is 4. The number of thiazole rings is 2. The van der Waals surface area contributed by atoms with Crippen LogP contribution in [0.25, 0.3) is 9.75 Å². The zero-order chi connectivity index (χ0) is 9.00. The molecule has 4 heteroatoms. The Bertz CT molecular complexity index is 438. The number of fused-ring (bicyclic) bond motifs is 3. The summed E-state index contributed by atoms with van der Waals surface area (Å²) in [4.78, 5) is 11.7. The molecule has 2 nitrogen and oxygen atoms in total. The lowest BCUT2D eigenvalue weighted by Crippen LogP contribution is -1.84. The van der Waals surface area contributed by atoms with Gasteiger partial charge < -0.3 is 0 Å². The maximum Gasteiger partial charge on any atom is 0.0904 e. The molecule has 0 radical (unpaired) electrons. The van der Waals surface area contributed by atoms with Crippen LogP contribution in [0.5, 0.6) is 0 Å². The largest absolute Gasteiger partial charge is 0.245 e. The van der Waals surface area contributed by atoms with Crippen molar-refractivity contribution in [2.45, 2.75) is 20.3 Å². The summed E-state index contributed by atoms with van der Waals surface area (Å²) in [5.74, 6) is 0. The average molecular weight is 208 g/mol. The molecule has 0 bridgehead atoms. The molecule has 66 valence electrons. The fraction of sp³-hybridized carbons (Fsp3) is 0.333. The molecule has 2 heterocycles. The summed E-state index contributed by atoms with van der Waals surface area (Å²) in [6, 6.07) is 0. The first kappa shape index (κ1) is 7.64. The van der Waals surface area contributed by atoms with Crippen LogP contribution in [0.1, 0.15) is 21.4 Å². The third kappa shape index (κ3) is 0.988. The monoisotopic (exact) mass is 208 g/mol. The molecule has 1 aliphatic rings. The third-order valence-corrected chi connectivity index (χ3v) is 4.34. The van der Waals surface area contributed by atoms with Gasteiger partial charge in [0.25, 0.3) is 0 Å². The van der Waals surface area contributed by atoms with Crippen LogP contribution in [-0.4, -0.2) is 9.97 Å². The first-order chi connectivity index (χ1) is 6.24. The molecule has 0 atom stereocenters. The van der Waals surface area contributed by atoms with Gasteiger partial charge in [-0.25, -0.2) is 9.97 Å². The predicted molar refractivity (Wildman–Crippen MR) is 55.5 cm³/mol. The molecule has 0 aromatic carbocycles. The highest BCUT2D eigenvalue weighted by atomic mass is 32.1. The molecule has 0 saturated heterocycles. The maximum absolute atomic E-state index is 4.49. The first-order valence-electron chi connectivity index (χ1n) is 4.17. The molecule has 0 spiro atoms. The Balaban J connectivity index is 2.28. The Kier molecular flexibility index (Phi) is 1.41. The van der Waals surface area contributed by atoms with E-state index < -0.39 is 0 Å². The van der Waals surface area contributed by atoms with Gasteiger partial charge in [-0.05, 0) is 13.8 Å². The predicted octanol–water partition coefficient (Wildman–Crippen LogP) is 2.79. The van der Waals surface area contributed by atoms with Gasteiger partial charge in [-0.1, -0.05) is 0 Å². The molecule has 3 rings (SSSR count).